The van der Waals surface area contributed by atoms with E-state index in [1.807, 2.05) is 0 Å². The Balaban J connectivity index is 1.99. The summed E-state index contributed by atoms with van der Waals surface area (Å²) in [5.41, 5.74) is -0.815. The Bertz CT molecular complexity index is 542. The third-order valence-electron chi connectivity index (χ3n) is 6.51. The van der Waals surface area contributed by atoms with Gasteiger partial charge < -0.3 is 14.2 Å². The van der Waals surface area contributed by atoms with Crippen molar-refractivity contribution in [3.63, 3.8) is 0 Å². The van der Waals surface area contributed by atoms with E-state index >= 15 is 0 Å². The summed E-state index contributed by atoms with van der Waals surface area (Å²) in [6.07, 6.45) is 2.26. The molecule has 6 unspecified atom stereocenters. The highest BCUT2D eigenvalue weighted by Crippen LogP contribution is 2.59. The van der Waals surface area contributed by atoms with Gasteiger partial charge in [-0.15, -0.1) is 0 Å². The molecule has 5 heteroatoms. The maximum atomic E-state index is 11.6. The molecule has 7 atom stereocenters. The Kier molecular flexibility index (Phi) is 4.22. The molecule has 2 heterocycles. The largest absolute Gasteiger partial charge is 0.462 e. The Hall–Kier alpha value is -1.10. The van der Waals surface area contributed by atoms with Gasteiger partial charge in [0.15, 0.2) is 0 Å². The zero-order valence-corrected chi connectivity index (χ0v) is 15.6. The summed E-state index contributed by atoms with van der Waals surface area (Å²) in [5, 5.41) is 0. The van der Waals surface area contributed by atoms with E-state index in [0.29, 0.717) is 18.3 Å². The minimum absolute atomic E-state index is 0.113. The van der Waals surface area contributed by atoms with Crippen LogP contribution in [0.1, 0.15) is 60.8 Å². The Morgan fingerprint density at radius 2 is 1.58 bits per heavy atom. The zero-order chi connectivity index (χ0) is 17.9. The molecule has 4 rings (SSSR count). The van der Waals surface area contributed by atoms with Crippen molar-refractivity contribution in [3.8, 4) is 0 Å². The van der Waals surface area contributed by atoms with Crippen LogP contribution < -0.4 is 0 Å². The van der Waals surface area contributed by atoms with Gasteiger partial charge in [0.25, 0.3) is 0 Å². The summed E-state index contributed by atoms with van der Waals surface area (Å²) < 4.78 is 18.0. The smallest absolute Gasteiger partial charge is 0.302 e. The average molecular weight is 338 g/mol. The van der Waals surface area contributed by atoms with E-state index < -0.39 is 5.60 Å². The van der Waals surface area contributed by atoms with Crippen molar-refractivity contribution in [2.24, 2.45) is 23.7 Å². The number of carbonyl (C=O) groups is 2. The van der Waals surface area contributed by atoms with Crippen LogP contribution in [0.2, 0.25) is 0 Å². The van der Waals surface area contributed by atoms with Gasteiger partial charge in [-0.3, -0.25) is 9.59 Å². The quantitative estimate of drug-likeness (QED) is 0.724. The Morgan fingerprint density at radius 1 is 1.00 bits per heavy atom. The standard InChI is InChI=1S/C19H30O5/c1-10-7-15(22-11(2)20)17-13(10)8-14-16(23-12(3)21)9-19(17,6)24-18(14,4)5/h10,13-17H,7-9H2,1-6H3/t10?,13?,14?,15?,16?,17?,19-/m1/s1. The second kappa shape index (κ2) is 5.72. The molecule has 5 nitrogen and oxygen atoms in total. The molecule has 2 bridgehead atoms. The van der Waals surface area contributed by atoms with Crippen molar-refractivity contribution in [1.29, 1.82) is 0 Å². The number of ether oxygens (including phenoxy) is 3. The normalized spacial score (nSPS) is 46.1. The van der Waals surface area contributed by atoms with Crippen LogP contribution in [-0.4, -0.2) is 35.3 Å². The summed E-state index contributed by atoms with van der Waals surface area (Å²) in [4.78, 5) is 23.2. The van der Waals surface area contributed by atoms with Gasteiger partial charge >= 0.3 is 11.9 Å². The molecule has 0 aromatic heterocycles. The first-order valence-electron chi connectivity index (χ1n) is 9.08. The minimum atomic E-state index is -0.452. The van der Waals surface area contributed by atoms with Gasteiger partial charge in [0.2, 0.25) is 0 Å². The second-order valence-electron chi connectivity index (χ2n) is 8.76. The lowest BCUT2D eigenvalue weighted by molar-refractivity contribution is -0.244. The van der Waals surface area contributed by atoms with E-state index in [0.717, 1.165) is 12.8 Å². The number of rotatable bonds is 2. The first-order valence-corrected chi connectivity index (χ1v) is 9.08. The maximum absolute atomic E-state index is 11.6. The van der Waals surface area contributed by atoms with Crippen LogP contribution in [0.3, 0.4) is 0 Å². The van der Waals surface area contributed by atoms with E-state index in [2.05, 4.69) is 27.7 Å². The first kappa shape index (κ1) is 17.7. The maximum Gasteiger partial charge on any atom is 0.302 e. The Morgan fingerprint density at radius 3 is 2.17 bits per heavy atom. The van der Waals surface area contributed by atoms with E-state index in [1.54, 1.807) is 0 Å². The number of hydrogen-bond donors (Lipinski definition) is 0. The SMILES string of the molecule is CC(=O)OC1C[C@@]2(C)OC(C)(C)C1CC1C(C)CC(OC(C)=O)C12. The van der Waals surface area contributed by atoms with Crippen molar-refractivity contribution in [3.05, 3.63) is 0 Å². The van der Waals surface area contributed by atoms with Gasteiger partial charge in [-0.1, -0.05) is 6.92 Å². The van der Waals surface area contributed by atoms with E-state index in [9.17, 15) is 9.59 Å². The molecule has 2 aliphatic carbocycles. The molecule has 0 N–H and O–H groups in total. The summed E-state index contributed by atoms with van der Waals surface area (Å²) in [6.45, 7) is 11.5. The molecular weight excluding hydrogens is 308 g/mol. The molecule has 24 heavy (non-hydrogen) atoms. The summed E-state index contributed by atoms with van der Waals surface area (Å²) in [5.74, 6) is 0.749. The topological polar surface area (TPSA) is 61.8 Å². The van der Waals surface area contributed by atoms with Crippen LogP contribution in [0.25, 0.3) is 0 Å². The van der Waals surface area contributed by atoms with E-state index in [4.69, 9.17) is 14.2 Å². The van der Waals surface area contributed by atoms with E-state index in [-0.39, 0.29) is 41.6 Å². The third-order valence-corrected chi connectivity index (χ3v) is 6.51. The molecule has 2 saturated heterocycles. The fourth-order valence-electron chi connectivity index (χ4n) is 5.85. The second-order valence-corrected chi connectivity index (χ2v) is 8.76. The fraction of sp³-hybridized carbons (Fsp3) is 0.895. The highest BCUT2D eigenvalue weighted by molar-refractivity contribution is 5.66. The van der Waals surface area contributed by atoms with Crippen LogP contribution in [0.15, 0.2) is 0 Å². The summed E-state index contributed by atoms with van der Waals surface area (Å²) in [6, 6.07) is 0. The monoisotopic (exact) mass is 338 g/mol. The van der Waals surface area contributed by atoms with Gasteiger partial charge in [-0.2, -0.15) is 0 Å². The van der Waals surface area contributed by atoms with Gasteiger partial charge in [-0.05, 0) is 45.4 Å². The number of hydrogen-bond acceptors (Lipinski definition) is 5. The van der Waals surface area contributed by atoms with Crippen molar-refractivity contribution in [2.75, 3.05) is 0 Å². The van der Waals surface area contributed by atoms with Crippen molar-refractivity contribution in [2.45, 2.75) is 84.2 Å². The highest BCUT2D eigenvalue weighted by atomic mass is 16.6. The van der Waals surface area contributed by atoms with Crippen molar-refractivity contribution >= 4 is 11.9 Å². The van der Waals surface area contributed by atoms with Crippen LogP contribution in [-0.2, 0) is 23.8 Å². The van der Waals surface area contributed by atoms with Gasteiger partial charge in [0.05, 0.1) is 11.2 Å². The zero-order valence-electron chi connectivity index (χ0n) is 15.6. The van der Waals surface area contributed by atoms with Crippen LogP contribution >= 0.6 is 0 Å². The number of fused-ring (bicyclic) bond motifs is 2. The molecule has 0 amide bonds. The van der Waals surface area contributed by atoms with Gasteiger partial charge in [0, 0.05) is 32.1 Å². The summed E-state index contributed by atoms with van der Waals surface area (Å²) >= 11 is 0. The number of esters is 2. The lowest BCUT2D eigenvalue weighted by atomic mass is 9.76. The third kappa shape index (κ3) is 2.85. The molecular formula is C19H30O5. The van der Waals surface area contributed by atoms with Crippen molar-refractivity contribution < 1.29 is 23.8 Å². The lowest BCUT2D eigenvalue weighted by Crippen LogP contribution is -2.57. The Labute approximate surface area is 144 Å². The molecule has 2 saturated carbocycles. The van der Waals surface area contributed by atoms with E-state index in [1.165, 1.54) is 13.8 Å². The van der Waals surface area contributed by atoms with Crippen LogP contribution in [0.5, 0.6) is 0 Å². The molecule has 0 aromatic carbocycles. The average Bonchev–Trinajstić information content (AvgIpc) is 2.55. The summed E-state index contributed by atoms with van der Waals surface area (Å²) in [7, 11) is 0. The lowest BCUT2D eigenvalue weighted by Gasteiger charge is -2.51. The fourth-order valence-corrected chi connectivity index (χ4v) is 5.85. The number of carbonyl (C=O) groups excluding carboxylic acids is 2. The van der Waals surface area contributed by atoms with Crippen LogP contribution in [0.4, 0.5) is 0 Å². The molecule has 4 fully saturated rings. The predicted molar refractivity (Wildman–Crippen MR) is 88.2 cm³/mol. The minimum Gasteiger partial charge on any atom is -0.462 e. The molecule has 136 valence electrons. The predicted octanol–water partition coefficient (Wildman–Crippen LogP) is 3.10. The first-order chi connectivity index (χ1) is 11.0. The van der Waals surface area contributed by atoms with Crippen molar-refractivity contribution in [1.82, 2.24) is 0 Å². The molecule has 0 radical (unpaired) electrons. The molecule has 2 aliphatic heterocycles. The molecule has 0 aromatic rings. The molecule has 4 aliphatic rings. The van der Waals surface area contributed by atoms with Crippen LogP contribution in [0, 0.1) is 23.7 Å². The van der Waals surface area contributed by atoms with Gasteiger partial charge in [0.1, 0.15) is 12.2 Å². The van der Waals surface area contributed by atoms with Gasteiger partial charge in [-0.25, -0.2) is 0 Å². The highest BCUT2D eigenvalue weighted by Gasteiger charge is 2.63. The molecule has 0 spiro atoms.